The maximum atomic E-state index is 13.0. The lowest BCUT2D eigenvalue weighted by Gasteiger charge is -2.37. The number of nitrogens with one attached hydrogen (secondary N) is 1. The zero-order valence-electron chi connectivity index (χ0n) is 18.7. The third-order valence-electron chi connectivity index (χ3n) is 5.78. The SMILES string of the molecule is Cc1cc(Nc2nccc(C(F)(F)F)n2)cc(-c2cnc(C3=CC(C)(C)C(C(=O)[O-])CC3)s2)c1. The van der Waals surface area contributed by atoms with Gasteiger partial charge in [0.15, 0.2) is 0 Å². The van der Waals surface area contributed by atoms with E-state index >= 15 is 0 Å². The number of allylic oxidation sites excluding steroid dienone is 2. The van der Waals surface area contributed by atoms with Crippen molar-refractivity contribution in [1.29, 1.82) is 0 Å². The van der Waals surface area contributed by atoms with Crippen molar-refractivity contribution in [2.24, 2.45) is 11.3 Å². The van der Waals surface area contributed by atoms with Crippen LogP contribution in [0, 0.1) is 18.3 Å². The molecule has 0 radical (unpaired) electrons. The molecule has 0 aliphatic heterocycles. The number of nitrogens with zero attached hydrogens (tertiary/aromatic N) is 3. The van der Waals surface area contributed by atoms with Gasteiger partial charge in [0.2, 0.25) is 5.95 Å². The van der Waals surface area contributed by atoms with Gasteiger partial charge in [-0.15, -0.1) is 11.3 Å². The first kappa shape index (κ1) is 23.9. The minimum atomic E-state index is -4.56. The summed E-state index contributed by atoms with van der Waals surface area (Å²) in [5.74, 6) is -1.72. The van der Waals surface area contributed by atoms with Gasteiger partial charge in [-0.1, -0.05) is 26.0 Å². The summed E-state index contributed by atoms with van der Waals surface area (Å²) in [5.41, 5.74) is 1.75. The van der Waals surface area contributed by atoms with Crippen LogP contribution in [-0.4, -0.2) is 20.9 Å². The smallest absolute Gasteiger partial charge is 0.433 e. The highest BCUT2D eigenvalue weighted by atomic mass is 32.1. The van der Waals surface area contributed by atoms with Crippen molar-refractivity contribution in [2.45, 2.75) is 39.8 Å². The average Bonchev–Trinajstić information content (AvgIpc) is 3.22. The highest BCUT2D eigenvalue weighted by Crippen LogP contribution is 2.43. The predicted molar refractivity (Wildman–Crippen MR) is 122 cm³/mol. The summed E-state index contributed by atoms with van der Waals surface area (Å²) >= 11 is 1.48. The minimum Gasteiger partial charge on any atom is -0.550 e. The van der Waals surface area contributed by atoms with Crippen LogP contribution in [0.4, 0.5) is 24.8 Å². The number of carboxylic acid groups (broad SMARTS) is 1. The highest BCUT2D eigenvalue weighted by Gasteiger charge is 2.34. The molecule has 1 aromatic carbocycles. The van der Waals surface area contributed by atoms with Crippen LogP contribution >= 0.6 is 11.3 Å². The summed E-state index contributed by atoms with van der Waals surface area (Å²) in [6.07, 6.45) is 1.31. The van der Waals surface area contributed by atoms with E-state index in [1.807, 2.05) is 32.9 Å². The van der Waals surface area contributed by atoms with Gasteiger partial charge in [-0.25, -0.2) is 15.0 Å². The Kier molecular flexibility index (Phi) is 6.20. The molecule has 0 fully saturated rings. The summed E-state index contributed by atoms with van der Waals surface area (Å²) in [5, 5.41) is 15.1. The number of hydrogen-bond acceptors (Lipinski definition) is 7. The summed E-state index contributed by atoms with van der Waals surface area (Å²) in [6.45, 7) is 5.65. The van der Waals surface area contributed by atoms with E-state index < -0.39 is 29.2 Å². The standard InChI is InChI=1S/C24H23F3N4O2S/c1-13-8-15(10-16(9-13)30-22-28-7-6-19(31-22)24(25,26)27)18-12-29-20(34-18)14-4-5-17(21(32)33)23(2,3)11-14/h6-12,17H,4-5H2,1-3H3,(H,32,33)(H,28,30,31)/p-1. The number of rotatable bonds is 5. The molecular weight excluding hydrogens is 465 g/mol. The lowest BCUT2D eigenvalue weighted by molar-refractivity contribution is -0.314. The first-order valence-electron chi connectivity index (χ1n) is 10.6. The Morgan fingerprint density at radius 3 is 2.68 bits per heavy atom. The van der Waals surface area contributed by atoms with E-state index in [1.165, 1.54) is 11.3 Å². The lowest BCUT2D eigenvalue weighted by Crippen LogP contribution is -2.41. The Bertz CT molecular complexity index is 1270. The van der Waals surface area contributed by atoms with Crippen LogP contribution in [0.5, 0.6) is 0 Å². The zero-order chi connectivity index (χ0) is 24.7. The maximum Gasteiger partial charge on any atom is 0.433 e. The summed E-state index contributed by atoms with van der Waals surface area (Å²) in [6, 6.07) is 6.38. The second kappa shape index (κ2) is 8.83. The topological polar surface area (TPSA) is 90.8 Å². The molecule has 1 unspecified atom stereocenters. The molecule has 2 heterocycles. The normalized spacial score (nSPS) is 17.8. The van der Waals surface area contributed by atoms with Gasteiger partial charge in [0, 0.05) is 30.0 Å². The molecule has 0 amide bonds. The van der Waals surface area contributed by atoms with Gasteiger partial charge >= 0.3 is 6.18 Å². The van der Waals surface area contributed by atoms with E-state index in [0.29, 0.717) is 18.5 Å². The molecule has 1 aliphatic rings. The van der Waals surface area contributed by atoms with Gasteiger partial charge in [-0.2, -0.15) is 13.2 Å². The van der Waals surface area contributed by atoms with E-state index in [0.717, 1.165) is 38.8 Å². The van der Waals surface area contributed by atoms with E-state index in [9.17, 15) is 23.1 Å². The molecule has 1 aliphatic carbocycles. The molecular formula is C24H22F3N4O2S-. The van der Waals surface area contributed by atoms with Crippen LogP contribution in [0.3, 0.4) is 0 Å². The Hall–Kier alpha value is -3.27. The number of benzene rings is 1. The van der Waals surface area contributed by atoms with Crippen molar-refractivity contribution in [3.05, 3.63) is 59.0 Å². The predicted octanol–water partition coefficient (Wildman–Crippen LogP) is 5.24. The number of hydrogen-bond donors (Lipinski definition) is 1. The van der Waals surface area contributed by atoms with Gasteiger partial charge in [0.05, 0.1) is 4.88 Å². The van der Waals surface area contributed by atoms with Crippen molar-refractivity contribution in [1.82, 2.24) is 15.0 Å². The molecule has 178 valence electrons. The van der Waals surface area contributed by atoms with Crippen LogP contribution in [0.1, 0.15) is 43.0 Å². The van der Waals surface area contributed by atoms with Crippen molar-refractivity contribution in [3.63, 3.8) is 0 Å². The molecule has 2 aromatic heterocycles. The first-order chi connectivity index (χ1) is 15.9. The van der Waals surface area contributed by atoms with Crippen molar-refractivity contribution < 1.29 is 23.1 Å². The Morgan fingerprint density at radius 2 is 2.00 bits per heavy atom. The molecule has 10 heteroatoms. The number of aromatic nitrogens is 3. The molecule has 34 heavy (non-hydrogen) atoms. The summed E-state index contributed by atoms with van der Waals surface area (Å²) in [4.78, 5) is 24.3. The van der Waals surface area contributed by atoms with E-state index in [1.54, 1.807) is 18.3 Å². The third kappa shape index (κ3) is 5.11. The van der Waals surface area contributed by atoms with Gasteiger partial charge in [-0.05, 0) is 60.1 Å². The summed E-state index contributed by atoms with van der Waals surface area (Å²) in [7, 11) is 0. The highest BCUT2D eigenvalue weighted by molar-refractivity contribution is 7.16. The average molecular weight is 488 g/mol. The van der Waals surface area contributed by atoms with E-state index in [4.69, 9.17) is 0 Å². The quantitative estimate of drug-likeness (QED) is 0.529. The molecule has 1 atom stereocenters. The Labute approximate surface area is 198 Å². The fourth-order valence-electron chi connectivity index (χ4n) is 4.14. The molecule has 0 saturated carbocycles. The molecule has 3 aromatic rings. The number of thiazole rings is 1. The number of aliphatic carboxylic acids is 1. The van der Waals surface area contributed by atoms with Crippen molar-refractivity contribution in [2.75, 3.05) is 5.32 Å². The van der Waals surface area contributed by atoms with Gasteiger partial charge < -0.3 is 15.2 Å². The van der Waals surface area contributed by atoms with Gasteiger partial charge in [-0.3, -0.25) is 0 Å². The second-order valence-electron chi connectivity index (χ2n) is 8.91. The number of halogens is 3. The number of carboxylic acids is 1. The lowest BCUT2D eigenvalue weighted by atomic mass is 9.71. The monoisotopic (exact) mass is 487 g/mol. The largest absolute Gasteiger partial charge is 0.550 e. The minimum absolute atomic E-state index is 0.145. The molecule has 4 rings (SSSR count). The molecule has 6 nitrogen and oxygen atoms in total. The molecule has 0 spiro atoms. The molecule has 0 saturated heterocycles. The molecule has 0 bridgehead atoms. The van der Waals surface area contributed by atoms with Crippen molar-refractivity contribution >= 4 is 34.5 Å². The number of anilines is 2. The third-order valence-corrected chi connectivity index (χ3v) is 6.90. The Morgan fingerprint density at radius 1 is 1.24 bits per heavy atom. The Balaban J connectivity index is 1.60. The van der Waals surface area contributed by atoms with Crippen LogP contribution in [0.2, 0.25) is 0 Å². The van der Waals surface area contributed by atoms with Gasteiger partial charge in [0.25, 0.3) is 0 Å². The number of alkyl halides is 3. The number of carbonyl (C=O) groups is 1. The molecule has 1 N–H and O–H groups in total. The fourth-order valence-corrected chi connectivity index (χ4v) is 5.09. The number of aryl methyl sites for hydroxylation is 1. The zero-order valence-corrected chi connectivity index (χ0v) is 19.5. The fraction of sp³-hybridized carbons (Fsp3) is 0.333. The van der Waals surface area contributed by atoms with Crippen LogP contribution in [0.25, 0.3) is 16.0 Å². The maximum absolute atomic E-state index is 13.0. The number of carbonyl (C=O) groups excluding carboxylic acids is 1. The van der Waals surface area contributed by atoms with Gasteiger partial charge in [0.1, 0.15) is 10.7 Å². The first-order valence-corrected chi connectivity index (χ1v) is 11.4. The van der Waals surface area contributed by atoms with Crippen LogP contribution < -0.4 is 10.4 Å². The summed E-state index contributed by atoms with van der Waals surface area (Å²) < 4.78 is 38.9. The van der Waals surface area contributed by atoms with Crippen LogP contribution in [0.15, 0.2) is 42.7 Å². The second-order valence-corrected chi connectivity index (χ2v) is 9.94. The van der Waals surface area contributed by atoms with E-state index in [-0.39, 0.29) is 5.95 Å². The van der Waals surface area contributed by atoms with E-state index in [2.05, 4.69) is 20.3 Å². The van der Waals surface area contributed by atoms with Crippen molar-refractivity contribution in [3.8, 4) is 10.4 Å². The van der Waals surface area contributed by atoms with Crippen LogP contribution in [-0.2, 0) is 11.0 Å².